The Kier molecular flexibility index (Phi) is 23.6. The predicted octanol–water partition coefficient (Wildman–Crippen LogP) is -0.366. The van der Waals surface area contributed by atoms with Gasteiger partial charge in [0.25, 0.3) is 0 Å². The molecule has 0 fully saturated rings. The van der Waals surface area contributed by atoms with E-state index in [1.54, 1.807) is 0 Å². The number of hydrogen-bond donors (Lipinski definition) is 0. The Balaban J connectivity index is -0.000000143. The Morgan fingerprint density at radius 1 is 1.00 bits per heavy atom. The van der Waals surface area contributed by atoms with Crippen molar-refractivity contribution in [2.24, 2.45) is 0 Å². The Bertz CT molecular complexity index is 163. The number of rotatable bonds is 4. The van der Waals surface area contributed by atoms with Crippen molar-refractivity contribution in [3.05, 3.63) is 25.3 Å². The first kappa shape index (κ1) is 19.7. The fourth-order valence-electron chi connectivity index (χ4n) is 0.236. The van der Waals surface area contributed by atoms with Crippen LogP contribution in [0.3, 0.4) is 0 Å². The quantitative estimate of drug-likeness (QED) is 0.387. The van der Waals surface area contributed by atoms with Crippen molar-refractivity contribution >= 4 is 53.8 Å². The average molecular weight is 250 g/mol. The first-order valence-electron chi connectivity index (χ1n) is 3.16. The van der Waals surface area contributed by atoms with Gasteiger partial charge in [0.1, 0.15) is 0 Å². The molecule has 0 saturated carbocycles. The van der Waals surface area contributed by atoms with Gasteiger partial charge in [-0.15, -0.1) is 13.2 Å². The molecule has 0 saturated heterocycles. The third-order valence-corrected chi connectivity index (χ3v) is 1.87. The fraction of sp³-hybridized carbons (Fsp3) is 0.333. The number of allylic oxidation sites excluding steroid dienone is 2. The molecular weight excluding hydrogens is 238 g/mol. The van der Waals surface area contributed by atoms with Gasteiger partial charge in [-0.1, -0.05) is 12.2 Å². The molecule has 0 bridgehead atoms. The SMILES string of the molecule is C=CC[PH](=O)[O-].C=CC[PH](=O)[O-].[Ca+2]. The van der Waals surface area contributed by atoms with Gasteiger partial charge in [0.15, 0.2) is 0 Å². The van der Waals surface area contributed by atoms with Gasteiger partial charge in [-0.25, -0.2) is 0 Å². The smallest absolute Gasteiger partial charge is 0.801 e. The van der Waals surface area contributed by atoms with Crippen molar-refractivity contribution < 1.29 is 18.9 Å². The summed E-state index contributed by atoms with van der Waals surface area (Å²) in [5.74, 6) is 0. The topological polar surface area (TPSA) is 80.3 Å². The fourth-order valence-corrected chi connectivity index (χ4v) is 0.707. The van der Waals surface area contributed by atoms with Crippen LogP contribution in [0.25, 0.3) is 0 Å². The largest absolute Gasteiger partial charge is 2.00 e. The van der Waals surface area contributed by atoms with Gasteiger partial charge in [-0.3, -0.25) is 0 Å². The van der Waals surface area contributed by atoms with E-state index in [1.165, 1.54) is 12.2 Å². The summed E-state index contributed by atoms with van der Waals surface area (Å²) in [6.45, 7) is 6.45. The van der Waals surface area contributed by atoms with Crippen LogP contribution in [0.5, 0.6) is 0 Å². The third kappa shape index (κ3) is 32.0. The summed E-state index contributed by atoms with van der Waals surface area (Å²) in [6.07, 6.45) is 3.00. The molecule has 0 radical (unpaired) electrons. The molecule has 0 aromatic heterocycles. The summed E-state index contributed by atoms with van der Waals surface area (Å²) >= 11 is 0. The number of hydrogen-bond acceptors (Lipinski definition) is 4. The van der Waals surface area contributed by atoms with Crippen LogP contribution in [0, 0.1) is 0 Å². The van der Waals surface area contributed by atoms with E-state index in [0.717, 1.165) is 0 Å². The molecule has 72 valence electrons. The summed E-state index contributed by atoms with van der Waals surface area (Å²) in [5, 5.41) is 0. The maximum atomic E-state index is 9.60. The van der Waals surface area contributed by atoms with Gasteiger partial charge in [-0.05, 0) is 0 Å². The zero-order valence-electron chi connectivity index (χ0n) is 7.32. The second-order valence-corrected chi connectivity index (χ2v) is 4.03. The van der Waals surface area contributed by atoms with E-state index in [4.69, 9.17) is 0 Å². The maximum absolute atomic E-state index is 9.60. The molecule has 0 aromatic rings. The molecule has 0 amide bonds. The van der Waals surface area contributed by atoms with Gasteiger partial charge in [0.05, 0.1) is 0 Å². The van der Waals surface area contributed by atoms with Gasteiger partial charge >= 0.3 is 37.7 Å². The molecule has 0 N–H and O–H groups in total. The van der Waals surface area contributed by atoms with Crippen molar-refractivity contribution in [2.45, 2.75) is 0 Å². The van der Waals surface area contributed by atoms with Crippen LogP contribution in [0.2, 0.25) is 0 Å². The van der Waals surface area contributed by atoms with Crippen LogP contribution in [0.1, 0.15) is 0 Å². The maximum Gasteiger partial charge on any atom is 2.00 e. The minimum Gasteiger partial charge on any atom is -0.801 e. The molecular formula is C6H12CaO4P2. The van der Waals surface area contributed by atoms with Gasteiger partial charge in [0, 0.05) is 28.4 Å². The van der Waals surface area contributed by atoms with Gasteiger partial charge in [-0.2, -0.15) is 0 Å². The van der Waals surface area contributed by atoms with E-state index >= 15 is 0 Å². The molecule has 13 heavy (non-hydrogen) atoms. The van der Waals surface area contributed by atoms with E-state index in [-0.39, 0.29) is 50.1 Å². The molecule has 0 spiro atoms. The van der Waals surface area contributed by atoms with E-state index in [0.29, 0.717) is 0 Å². The van der Waals surface area contributed by atoms with E-state index in [9.17, 15) is 18.9 Å². The standard InChI is InChI=1S/2C3H7O2P.Ca/c2*1-2-3-6(4)5;/h2*2,6H,1,3H2,(H,4,5);/q;;+2/p-2. The van der Waals surface area contributed by atoms with Crippen LogP contribution in [-0.4, -0.2) is 50.1 Å². The Labute approximate surface area is 109 Å². The van der Waals surface area contributed by atoms with Crippen LogP contribution >= 0.6 is 16.1 Å². The van der Waals surface area contributed by atoms with Crippen molar-refractivity contribution in [3.63, 3.8) is 0 Å². The minimum atomic E-state index is -2.50. The Morgan fingerprint density at radius 3 is 1.23 bits per heavy atom. The van der Waals surface area contributed by atoms with E-state index in [2.05, 4.69) is 13.2 Å². The molecule has 0 rings (SSSR count). The van der Waals surface area contributed by atoms with Crippen molar-refractivity contribution in [1.29, 1.82) is 0 Å². The summed E-state index contributed by atoms with van der Waals surface area (Å²) in [4.78, 5) is 19.2. The third-order valence-electron chi connectivity index (χ3n) is 0.622. The van der Waals surface area contributed by atoms with Gasteiger partial charge in [0.2, 0.25) is 0 Å². The summed E-state index contributed by atoms with van der Waals surface area (Å²) in [7, 11) is -5.01. The Hall–Kier alpha value is 1.12. The second-order valence-electron chi connectivity index (χ2n) is 1.73. The van der Waals surface area contributed by atoms with Crippen LogP contribution < -0.4 is 9.79 Å². The molecule has 0 aliphatic carbocycles. The molecule has 0 aliphatic rings. The molecule has 0 heterocycles. The predicted molar refractivity (Wildman–Crippen MR) is 53.9 cm³/mol. The average Bonchev–Trinajstić information content (AvgIpc) is 1.87. The van der Waals surface area contributed by atoms with Gasteiger partial charge < -0.3 is 18.9 Å². The van der Waals surface area contributed by atoms with E-state index in [1.807, 2.05) is 0 Å². The molecule has 4 nitrogen and oxygen atoms in total. The zero-order valence-corrected chi connectivity index (χ0v) is 11.5. The summed E-state index contributed by atoms with van der Waals surface area (Å²) in [6, 6.07) is 0. The van der Waals surface area contributed by atoms with Crippen LogP contribution in [0.4, 0.5) is 0 Å². The second kappa shape index (κ2) is 15.6. The molecule has 2 unspecified atom stereocenters. The normalized spacial score (nSPS) is 12.5. The molecule has 0 aliphatic heterocycles. The van der Waals surface area contributed by atoms with Crippen LogP contribution in [-0.2, 0) is 9.13 Å². The van der Waals surface area contributed by atoms with Crippen molar-refractivity contribution in [3.8, 4) is 0 Å². The first-order valence-corrected chi connectivity index (χ1v) is 6.20. The van der Waals surface area contributed by atoms with Crippen molar-refractivity contribution in [1.82, 2.24) is 0 Å². The van der Waals surface area contributed by atoms with E-state index < -0.39 is 16.1 Å². The summed E-state index contributed by atoms with van der Waals surface area (Å²) < 4.78 is 19.2. The van der Waals surface area contributed by atoms with Crippen molar-refractivity contribution in [2.75, 3.05) is 12.3 Å². The summed E-state index contributed by atoms with van der Waals surface area (Å²) in [5.41, 5.74) is 0. The molecule has 2 atom stereocenters. The molecule has 0 aromatic carbocycles. The first-order chi connectivity index (χ1) is 5.54. The Morgan fingerprint density at radius 2 is 1.23 bits per heavy atom. The zero-order chi connectivity index (χ0) is 9.98. The monoisotopic (exact) mass is 250 g/mol. The van der Waals surface area contributed by atoms with Crippen LogP contribution in [0.15, 0.2) is 25.3 Å². The minimum absolute atomic E-state index is 0. The molecule has 7 heteroatoms.